The van der Waals surface area contributed by atoms with Crippen LogP contribution in [-0.2, 0) is 16.0 Å². The molecule has 0 atom stereocenters. The molecule has 18 heavy (non-hydrogen) atoms. The van der Waals surface area contributed by atoms with E-state index >= 15 is 0 Å². The molecule has 0 radical (unpaired) electrons. The van der Waals surface area contributed by atoms with E-state index in [4.69, 9.17) is 9.47 Å². The molecule has 0 aliphatic rings. The topological polar surface area (TPSA) is 40.5 Å². The highest BCUT2D eigenvalue weighted by atomic mass is 32.1. The molecule has 0 bridgehead atoms. The molecule has 0 aliphatic carbocycles. The molecule has 0 fully saturated rings. The maximum atomic E-state index is 12.1. The lowest BCUT2D eigenvalue weighted by Crippen LogP contribution is -2.19. The summed E-state index contributed by atoms with van der Waals surface area (Å²) in [6, 6.07) is 3.88. The number of rotatable bonds is 7. The number of aryl methyl sites for hydroxylation is 1. The van der Waals surface area contributed by atoms with Gasteiger partial charge in [0.05, 0.1) is 18.6 Å². The average Bonchev–Trinajstić information content (AvgIpc) is 2.85. The van der Waals surface area contributed by atoms with Crippen molar-refractivity contribution in [2.75, 3.05) is 26.9 Å². The van der Waals surface area contributed by atoms with Crippen molar-refractivity contribution in [3.05, 3.63) is 34.1 Å². The third-order valence-electron chi connectivity index (χ3n) is 2.71. The quantitative estimate of drug-likeness (QED) is 0.721. The first-order valence-corrected chi connectivity index (χ1v) is 6.84. The standard InChI is InChI=1S/C13H17NO3S/c1-16-8-9-17-7-2-5-14-6-3-12-11(13(14)15)4-10-18-12/h3-4,6,10H,2,5,7-9H2,1H3. The van der Waals surface area contributed by atoms with Gasteiger partial charge >= 0.3 is 0 Å². The van der Waals surface area contributed by atoms with Crippen LogP contribution in [0, 0.1) is 0 Å². The van der Waals surface area contributed by atoms with Crippen LogP contribution < -0.4 is 5.56 Å². The summed E-state index contributed by atoms with van der Waals surface area (Å²) >= 11 is 1.60. The maximum Gasteiger partial charge on any atom is 0.259 e. The zero-order valence-electron chi connectivity index (χ0n) is 10.4. The molecular weight excluding hydrogens is 250 g/mol. The van der Waals surface area contributed by atoms with Gasteiger partial charge in [0.25, 0.3) is 5.56 Å². The first-order chi connectivity index (χ1) is 8.83. The van der Waals surface area contributed by atoms with Gasteiger partial charge in [0.15, 0.2) is 0 Å². The van der Waals surface area contributed by atoms with Crippen molar-refractivity contribution >= 4 is 21.4 Å². The first-order valence-electron chi connectivity index (χ1n) is 5.96. The van der Waals surface area contributed by atoms with Crippen LogP contribution in [0.1, 0.15) is 6.42 Å². The van der Waals surface area contributed by atoms with Crippen molar-refractivity contribution < 1.29 is 9.47 Å². The Bertz CT molecular complexity index is 546. The second-order valence-electron chi connectivity index (χ2n) is 3.97. The molecule has 4 nitrogen and oxygen atoms in total. The molecule has 0 saturated carbocycles. The fraction of sp³-hybridized carbons (Fsp3) is 0.462. The summed E-state index contributed by atoms with van der Waals surface area (Å²) < 4.78 is 13.0. The lowest BCUT2D eigenvalue weighted by atomic mass is 10.3. The van der Waals surface area contributed by atoms with Crippen molar-refractivity contribution in [2.45, 2.75) is 13.0 Å². The van der Waals surface area contributed by atoms with E-state index in [1.807, 2.05) is 23.7 Å². The molecule has 0 spiro atoms. The molecule has 0 N–H and O–H groups in total. The smallest absolute Gasteiger partial charge is 0.259 e. The molecule has 2 heterocycles. The fourth-order valence-electron chi connectivity index (χ4n) is 1.76. The van der Waals surface area contributed by atoms with Crippen LogP contribution in [0.4, 0.5) is 0 Å². The summed E-state index contributed by atoms with van der Waals surface area (Å²) in [6.07, 6.45) is 2.69. The number of fused-ring (bicyclic) bond motifs is 1. The van der Waals surface area contributed by atoms with Gasteiger partial charge in [-0.15, -0.1) is 11.3 Å². The molecule has 0 amide bonds. The van der Waals surface area contributed by atoms with Crippen LogP contribution in [0.5, 0.6) is 0 Å². The average molecular weight is 267 g/mol. The van der Waals surface area contributed by atoms with Gasteiger partial charge in [-0.1, -0.05) is 0 Å². The molecule has 0 aliphatic heterocycles. The summed E-state index contributed by atoms with van der Waals surface area (Å²) in [5, 5.41) is 2.76. The van der Waals surface area contributed by atoms with Crippen LogP contribution in [0.3, 0.4) is 0 Å². The lowest BCUT2D eigenvalue weighted by molar-refractivity contribution is 0.0679. The number of pyridine rings is 1. The normalized spacial score (nSPS) is 11.2. The van der Waals surface area contributed by atoms with E-state index in [-0.39, 0.29) is 5.56 Å². The van der Waals surface area contributed by atoms with Crippen molar-refractivity contribution in [2.24, 2.45) is 0 Å². The minimum atomic E-state index is 0.0886. The van der Waals surface area contributed by atoms with Crippen molar-refractivity contribution in [1.82, 2.24) is 4.57 Å². The molecule has 5 heteroatoms. The minimum Gasteiger partial charge on any atom is -0.382 e. The second-order valence-corrected chi connectivity index (χ2v) is 4.92. The van der Waals surface area contributed by atoms with E-state index in [0.29, 0.717) is 26.4 Å². The Morgan fingerprint density at radius 1 is 1.28 bits per heavy atom. The van der Waals surface area contributed by atoms with E-state index in [1.54, 1.807) is 23.0 Å². The summed E-state index contributed by atoms with van der Waals surface area (Å²) in [4.78, 5) is 12.1. The second kappa shape index (κ2) is 6.68. The highest BCUT2D eigenvalue weighted by Crippen LogP contribution is 2.16. The number of hydrogen-bond donors (Lipinski definition) is 0. The molecule has 0 unspecified atom stereocenters. The molecule has 2 aromatic heterocycles. The predicted octanol–water partition coefficient (Wildman–Crippen LogP) is 2.12. The Morgan fingerprint density at radius 3 is 3.00 bits per heavy atom. The number of aromatic nitrogens is 1. The predicted molar refractivity (Wildman–Crippen MR) is 73.4 cm³/mol. The van der Waals surface area contributed by atoms with Crippen molar-refractivity contribution in [3.8, 4) is 0 Å². The fourth-order valence-corrected chi connectivity index (χ4v) is 2.54. The Labute approximate surface area is 110 Å². The van der Waals surface area contributed by atoms with Crippen LogP contribution in [0.25, 0.3) is 10.1 Å². The summed E-state index contributed by atoms with van der Waals surface area (Å²) in [5.74, 6) is 0. The molecule has 98 valence electrons. The Hall–Kier alpha value is -1.17. The van der Waals surface area contributed by atoms with Crippen LogP contribution >= 0.6 is 11.3 Å². The van der Waals surface area contributed by atoms with Gasteiger partial charge in [0.1, 0.15) is 0 Å². The van der Waals surface area contributed by atoms with Crippen LogP contribution in [0.15, 0.2) is 28.5 Å². The van der Waals surface area contributed by atoms with Gasteiger partial charge in [0.2, 0.25) is 0 Å². The van der Waals surface area contributed by atoms with Crippen LogP contribution in [0.2, 0.25) is 0 Å². The molecular formula is C13H17NO3S. The van der Waals surface area contributed by atoms with E-state index in [2.05, 4.69) is 0 Å². The number of nitrogens with zero attached hydrogens (tertiary/aromatic N) is 1. The van der Waals surface area contributed by atoms with Crippen LogP contribution in [-0.4, -0.2) is 31.5 Å². The Morgan fingerprint density at radius 2 is 2.17 bits per heavy atom. The first kappa shape index (κ1) is 13.3. The zero-order chi connectivity index (χ0) is 12.8. The highest BCUT2D eigenvalue weighted by Gasteiger charge is 2.03. The van der Waals surface area contributed by atoms with Gasteiger partial charge in [0, 0.05) is 31.2 Å². The van der Waals surface area contributed by atoms with Gasteiger partial charge in [-0.25, -0.2) is 0 Å². The van der Waals surface area contributed by atoms with Gasteiger partial charge < -0.3 is 14.0 Å². The summed E-state index contributed by atoms with van der Waals surface area (Å²) in [6.45, 7) is 2.56. The third-order valence-corrected chi connectivity index (χ3v) is 3.59. The molecule has 0 saturated heterocycles. The third kappa shape index (κ3) is 3.19. The van der Waals surface area contributed by atoms with E-state index < -0.39 is 0 Å². The largest absolute Gasteiger partial charge is 0.382 e. The monoisotopic (exact) mass is 267 g/mol. The van der Waals surface area contributed by atoms with E-state index in [9.17, 15) is 4.79 Å². The van der Waals surface area contributed by atoms with Gasteiger partial charge in [-0.2, -0.15) is 0 Å². The lowest BCUT2D eigenvalue weighted by Gasteiger charge is -2.06. The maximum absolute atomic E-state index is 12.1. The highest BCUT2D eigenvalue weighted by molar-refractivity contribution is 7.17. The minimum absolute atomic E-state index is 0.0886. The number of hydrogen-bond acceptors (Lipinski definition) is 4. The number of thiophene rings is 1. The van der Waals surface area contributed by atoms with Crippen molar-refractivity contribution in [3.63, 3.8) is 0 Å². The Balaban J connectivity index is 1.88. The van der Waals surface area contributed by atoms with Gasteiger partial charge in [-0.05, 0) is 23.9 Å². The van der Waals surface area contributed by atoms with Gasteiger partial charge in [-0.3, -0.25) is 4.79 Å². The Kier molecular flexibility index (Phi) is 4.92. The van der Waals surface area contributed by atoms with E-state index in [1.165, 1.54) is 0 Å². The summed E-state index contributed by atoms with van der Waals surface area (Å²) in [7, 11) is 1.65. The zero-order valence-corrected chi connectivity index (χ0v) is 11.2. The summed E-state index contributed by atoms with van der Waals surface area (Å²) in [5.41, 5.74) is 0.0886. The SMILES string of the molecule is COCCOCCCn1ccc2sccc2c1=O. The molecule has 2 rings (SSSR count). The van der Waals surface area contributed by atoms with Crippen molar-refractivity contribution in [1.29, 1.82) is 0 Å². The number of methoxy groups -OCH3 is 1. The molecule has 2 aromatic rings. The van der Waals surface area contributed by atoms with E-state index in [0.717, 1.165) is 16.5 Å². The number of ether oxygens (including phenoxy) is 2. The molecule has 0 aromatic carbocycles.